The van der Waals surface area contributed by atoms with Crippen molar-refractivity contribution in [1.29, 1.82) is 0 Å². The molecule has 84 heavy (non-hydrogen) atoms. The number of esters is 2. The summed E-state index contributed by atoms with van der Waals surface area (Å²) >= 11 is 6.52. The van der Waals surface area contributed by atoms with Crippen LogP contribution in [0.3, 0.4) is 0 Å². The first-order valence-corrected chi connectivity index (χ1v) is 29.6. The van der Waals surface area contributed by atoms with Gasteiger partial charge in [0, 0.05) is 56.7 Å². The van der Waals surface area contributed by atoms with E-state index in [1.165, 1.54) is 19.4 Å². The Morgan fingerprint density at radius 3 is 2.29 bits per heavy atom. The third kappa shape index (κ3) is 15.1. The number of aromatic nitrogens is 1. The first-order chi connectivity index (χ1) is 39.4. The summed E-state index contributed by atoms with van der Waals surface area (Å²) in [4.78, 5) is 82.9. The maximum Gasteiger partial charge on any atom is 0.509 e. The van der Waals surface area contributed by atoms with E-state index in [-0.39, 0.29) is 91.3 Å². The Labute approximate surface area is 496 Å². The highest BCUT2D eigenvalue weighted by molar-refractivity contribution is 6.32. The number of carbonyl (C=O) groups is 5. The molecule has 1 aromatic carbocycles. The number of fused-ring (bicyclic) bond motifs is 2. The molecule has 18 atom stereocenters. The summed E-state index contributed by atoms with van der Waals surface area (Å²) in [5, 5.41) is 37.2. The molecule has 0 unspecified atom stereocenters. The molecule has 5 heterocycles. The van der Waals surface area contributed by atoms with Gasteiger partial charge in [-0.1, -0.05) is 32.4 Å². The molecule has 1 aliphatic carbocycles. The predicted molar refractivity (Wildman–Crippen MR) is 304 cm³/mol. The van der Waals surface area contributed by atoms with Crippen LogP contribution in [0.2, 0.25) is 5.02 Å². The summed E-state index contributed by atoms with van der Waals surface area (Å²) in [6.45, 7) is 17.7. The van der Waals surface area contributed by atoms with E-state index in [0.29, 0.717) is 18.5 Å². The molecule has 4 saturated heterocycles. The van der Waals surface area contributed by atoms with Gasteiger partial charge in [0.2, 0.25) is 11.3 Å². The Morgan fingerprint density at radius 1 is 0.940 bits per heavy atom. The fraction of sp³-hybridized carbons (Fsp3) is 0.763. The molecule has 25 heteroatoms. The van der Waals surface area contributed by atoms with Crippen LogP contribution >= 0.6 is 11.6 Å². The fourth-order valence-electron chi connectivity index (χ4n) is 12.7. The first-order valence-electron chi connectivity index (χ1n) is 29.3. The van der Waals surface area contributed by atoms with Crippen molar-refractivity contribution in [2.45, 2.75) is 211 Å². The number of amides is 1. The number of likely N-dealkylation sites (N-methyl/N-ethyl adjacent to an activating group) is 2. The molecular formula is C59H89ClN4O20. The Hall–Kier alpha value is -4.73. The van der Waals surface area contributed by atoms with Crippen molar-refractivity contribution >= 4 is 52.5 Å². The average Bonchev–Trinajstić information content (AvgIpc) is 1.85. The van der Waals surface area contributed by atoms with Crippen molar-refractivity contribution in [2.75, 3.05) is 61.2 Å². The number of methoxy groups -OCH3 is 1. The summed E-state index contributed by atoms with van der Waals surface area (Å²) in [6, 6.07) is 2.32. The number of carboxylic acid groups (broad SMARTS) is 1. The van der Waals surface area contributed by atoms with Crippen LogP contribution in [0, 0.1) is 17.8 Å². The second kappa shape index (κ2) is 27.5. The van der Waals surface area contributed by atoms with Crippen molar-refractivity contribution in [2.24, 2.45) is 17.8 Å². The molecule has 472 valence electrons. The number of nitrogens with zero attached hydrogens (tertiary/aromatic N) is 3. The normalized spacial score (nSPS) is 36.4. The second-order valence-electron chi connectivity index (χ2n) is 24.6. The van der Waals surface area contributed by atoms with Gasteiger partial charge in [0.15, 0.2) is 30.4 Å². The molecule has 2 aromatic rings. The van der Waals surface area contributed by atoms with E-state index in [1.54, 1.807) is 52.2 Å². The Bertz CT molecular complexity index is 2730. The molecular weight excluding hydrogens is 1120 g/mol. The summed E-state index contributed by atoms with van der Waals surface area (Å²) in [5.41, 5.74) is -4.80. The third-order valence-electron chi connectivity index (χ3n) is 17.5. The molecule has 0 radical (unpaired) electrons. The van der Waals surface area contributed by atoms with Gasteiger partial charge in [-0.2, -0.15) is 0 Å². The Kier molecular flexibility index (Phi) is 21.9. The smallest absolute Gasteiger partial charge is 0.490 e. The van der Waals surface area contributed by atoms with E-state index in [9.17, 15) is 44.1 Å². The highest BCUT2D eigenvalue weighted by Gasteiger charge is 2.59. The number of cyclic esters (lactones) is 1. The van der Waals surface area contributed by atoms with Gasteiger partial charge in [-0.15, -0.1) is 0 Å². The zero-order chi connectivity index (χ0) is 61.9. The molecule has 1 aromatic heterocycles. The lowest BCUT2D eigenvalue weighted by Gasteiger charge is -2.49. The van der Waals surface area contributed by atoms with Crippen molar-refractivity contribution in [3.05, 3.63) is 39.1 Å². The SMILES string of the molecule is CC[C@@H]1OC(=O)[C@H](C)[C@@H](O[C@H]2C[C@@](C)(OC)[C@@H](OC(=O)CNC(=O)CCOCCOc3cc4c(=O)c(C(=O)O)cn(C5CC5)c4cc3Cl)[C@H](C)O2)[C@@H](C)[C@@H](O[C@@H]2O[C@H](C)C[C@H](N(C)C)[C@H]2O)[C@](C)(O)C[C@H](C)CN(C)[C@H](C)[C@H]2OC(=O)O[C@]12C. The average molecular weight is 1210 g/mol. The minimum atomic E-state index is -1.66. The van der Waals surface area contributed by atoms with E-state index in [0.717, 1.165) is 12.8 Å². The van der Waals surface area contributed by atoms with Crippen LogP contribution in [0.1, 0.15) is 131 Å². The Morgan fingerprint density at radius 2 is 1.64 bits per heavy atom. The molecule has 5 aliphatic rings. The van der Waals surface area contributed by atoms with Crippen LogP contribution in [-0.4, -0.2) is 211 Å². The number of pyridine rings is 1. The number of halogens is 1. The maximum absolute atomic E-state index is 14.8. The van der Waals surface area contributed by atoms with Crippen LogP contribution < -0.4 is 15.5 Å². The monoisotopic (exact) mass is 1210 g/mol. The number of aliphatic hydroxyl groups is 2. The number of nitrogens with one attached hydrogen (secondary N) is 1. The lowest BCUT2D eigenvalue weighted by atomic mass is 9.77. The lowest BCUT2D eigenvalue weighted by Crippen LogP contribution is -2.61. The zero-order valence-electron chi connectivity index (χ0n) is 51.0. The lowest BCUT2D eigenvalue weighted by molar-refractivity contribution is -0.318. The summed E-state index contributed by atoms with van der Waals surface area (Å²) in [6.07, 6.45) is -6.84. The van der Waals surface area contributed by atoms with Gasteiger partial charge in [0.25, 0.3) is 0 Å². The van der Waals surface area contributed by atoms with Crippen molar-refractivity contribution < 1.29 is 91.4 Å². The van der Waals surface area contributed by atoms with Gasteiger partial charge in [-0.25, -0.2) is 9.59 Å². The maximum atomic E-state index is 14.8. The van der Waals surface area contributed by atoms with Crippen molar-refractivity contribution in [3.8, 4) is 5.75 Å². The molecule has 4 aliphatic heterocycles. The quantitative estimate of drug-likeness (QED) is 0.0795. The van der Waals surface area contributed by atoms with Crippen LogP contribution in [-0.2, 0) is 61.8 Å². The Balaban J connectivity index is 1.02. The van der Waals surface area contributed by atoms with Gasteiger partial charge in [0.05, 0.1) is 65.1 Å². The highest BCUT2D eigenvalue weighted by atomic mass is 35.5. The van der Waals surface area contributed by atoms with E-state index in [4.69, 9.17) is 63.7 Å². The van der Waals surface area contributed by atoms with Crippen molar-refractivity contribution in [1.82, 2.24) is 19.7 Å². The fourth-order valence-corrected chi connectivity index (χ4v) is 13.0. The third-order valence-corrected chi connectivity index (χ3v) is 17.8. The molecule has 24 nitrogen and oxygen atoms in total. The number of rotatable bonds is 19. The summed E-state index contributed by atoms with van der Waals surface area (Å²) in [7, 11) is 7.06. The molecule has 0 spiro atoms. The van der Waals surface area contributed by atoms with Gasteiger partial charge in [0.1, 0.15) is 42.3 Å². The standard InChI is InChI=1S/C59H89ClN4O20/c1-15-43-59(10)51(83-56(72)84-59)34(6)63(13)28-30(2)25-57(8,73)50(82-55-48(68)41(62(11)12)22-31(3)77-55)32(4)49(33(5)54(71)79-43)81-46-26-58(9,74-14)52(35(7)78-46)80-45(66)27-61-44(65)18-19-75-20-21-76-42-23-37-40(24-39(42)60)64(36-16-17-36)29-38(47(37)67)53(69)70/h23-24,29-36,41,43,46,48-52,55,68,73H,15-22,25-28H2,1-14H3,(H,61,65)(H,69,70)/t30-,31+,32+,33+,34+,35-,41-,43-,46-,48+,49-,50+,51+,52-,55-,57+,58+,59+/m0/s1. The first kappa shape index (κ1) is 66.8. The van der Waals surface area contributed by atoms with Crippen LogP contribution in [0.4, 0.5) is 4.79 Å². The minimum absolute atomic E-state index is 0.00706. The summed E-state index contributed by atoms with van der Waals surface area (Å²) in [5.74, 6) is -5.35. The van der Waals surface area contributed by atoms with E-state index < -0.39 is 132 Å². The number of aromatic carboxylic acids is 1. The van der Waals surface area contributed by atoms with E-state index in [1.807, 2.05) is 58.6 Å². The molecule has 7 rings (SSSR count). The van der Waals surface area contributed by atoms with E-state index in [2.05, 4.69) is 5.32 Å². The van der Waals surface area contributed by atoms with Crippen molar-refractivity contribution in [3.63, 3.8) is 0 Å². The van der Waals surface area contributed by atoms with Gasteiger partial charge in [-0.05, 0) is 120 Å². The zero-order valence-corrected chi connectivity index (χ0v) is 51.7. The largest absolute Gasteiger partial charge is 0.509 e. The number of hydrogen-bond donors (Lipinski definition) is 4. The van der Waals surface area contributed by atoms with Crippen LogP contribution in [0.5, 0.6) is 5.75 Å². The topological polar surface area (TPSA) is 288 Å². The van der Waals surface area contributed by atoms with Gasteiger partial charge >= 0.3 is 24.1 Å². The number of benzene rings is 1. The highest BCUT2D eigenvalue weighted by Crippen LogP contribution is 2.43. The number of carboxylic acids is 1. The number of carbonyl (C=O) groups excluding carboxylic acids is 4. The summed E-state index contributed by atoms with van der Waals surface area (Å²) < 4.78 is 69.8. The molecule has 4 N–H and O–H groups in total. The number of ether oxygens (including phenoxy) is 11. The van der Waals surface area contributed by atoms with Gasteiger partial charge in [-0.3, -0.25) is 24.1 Å². The van der Waals surface area contributed by atoms with Crippen LogP contribution in [0.15, 0.2) is 23.1 Å². The molecule has 0 bridgehead atoms. The van der Waals surface area contributed by atoms with E-state index >= 15 is 0 Å². The van der Waals surface area contributed by atoms with Gasteiger partial charge < -0.3 is 82.2 Å². The number of aliphatic hydroxyl groups excluding tert-OH is 1. The van der Waals surface area contributed by atoms with Crippen LogP contribution in [0.25, 0.3) is 10.9 Å². The minimum Gasteiger partial charge on any atom is -0.490 e. The predicted octanol–water partition coefficient (Wildman–Crippen LogP) is 5.24. The number of hydrogen-bond acceptors (Lipinski definition) is 21. The molecule has 5 fully saturated rings. The molecule has 1 amide bonds. The molecule has 1 saturated carbocycles. The second-order valence-corrected chi connectivity index (χ2v) is 25.0.